The standard InChI is InChI=1S/C36H37F5N4O6/c1-35(2,3)51-34(48)43-29-14-25(18-50-31(29)26-12-22(37)5-7-27(26)39)44-16-19-4-6-24(11-21(19)17-44)45-9-8-36(49,33(45)47)32(46)42-15-20-10-23(38)13-28(40)30(20)41/h4-7,10-13,25,29,31,49H,8-9,14-18H2,1-3H3,(H,42,46)(H,43,48)/t25-,29+,31-,36?/m1/s1. The summed E-state index contributed by atoms with van der Waals surface area (Å²) < 4.78 is 81.7. The normalized spacial score (nSPS) is 23.7. The van der Waals surface area contributed by atoms with E-state index in [9.17, 15) is 41.4 Å². The molecule has 3 aromatic rings. The summed E-state index contributed by atoms with van der Waals surface area (Å²) in [5.41, 5.74) is -1.57. The number of benzene rings is 3. The fourth-order valence-electron chi connectivity index (χ4n) is 6.76. The highest BCUT2D eigenvalue weighted by Gasteiger charge is 2.52. The Labute approximate surface area is 290 Å². The number of ether oxygens (including phenoxy) is 2. The maximum absolute atomic E-state index is 14.8. The van der Waals surface area contributed by atoms with Crippen LogP contribution in [0.25, 0.3) is 0 Å². The number of rotatable bonds is 7. The zero-order valence-corrected chi connectivity index (χ0v) is 28.1. The Hall–Kier alpha value is -4.60. The zero-order valence-electron chi connectivity index (χ0n) is 28.1. The Morgan fingerprint density at radius 1 is 0.980 bits per heavy atom. The highest BCUT2D eigenvalue weighted by molar-refractivity contribution is 6.16. The van der Waals surface area contributed by atoms with Crippen LogP contribution in [-0.4, -0.2) is 64.4 Å². The molecule has 0 bridgehead atoms. The van der Waals surface area contributed by atoms with Crippen LogP contribution in [0.3, 0.4) is 0 Å². The molecule has 0 saturated carbocycles. The quantitative estimate of drug-likeness (QED) is 0.181. The van der Waals surface area contributed by atoms with Crippen LogP contribution in [0.2, 0.25) is 0 Å². The topological polar surface area (TPSA) is 120 Å². The van der Waals surface area contributed by atoms with E-state index in [0.29, 0.717) is 37.3 Å². The molecular weight excluding hydrogens is 679 g/mol. The highest BCUT2D eigenvalue weighted by Crippen LogP contribution is 2.37. The van der Waals surface area contributed by atoms with Gasteiger partial charge in [-0.15, -0.1) is 0 Å². The lowest BCUT2D eigenvalue weighted by molar-refractivity contribution is -0.149. The molecule has 0 radical (unpaired) electrons. The average Bonchev–Trinajstić information content (AvgIpc) is 3.62. The van der Waals surface area contributed by atoms with Crippen molar-refractivity contribution in [3.8, 4) is 0 Å². The summed E-state index contributed by atoms with van der Waals surface area (Å²) in [7, 11) is 0. The van der Waals surface area contributed by atoms with E-state index in [0.717, 1.165) is 29.3 Å². The minimum absolute atomic E-state index is 0.0132. The van der Waals surface area contributed by atoms with Gasteiger partial charge in [-0.05, 0) is 74.7 Å². The molecule has 3 aliphatic heterocycles. The molecule has 1 unspecified atom stereocenters. The van der Waals surface area contributed by atoms with Crippen molar-refractivity contribution in [1.82, 2.24) is 15.5 Å². The van der Waals surface area contributed by atoms with Crippen LogP contribution in [0.5, 0.6) is 0 Å². The number of carbonyl (C=O) groups excluding carboxylic acids is 3. The van der Waals surface area contributed by atoms with Crippen molar-refractivity contribution in [2.45, 2.75) is 82.6 Å². The van der Waals surface area contributed by atoms with E-state index in [2.05, 4.69) is 15.5 Å². The monoisotopic (exact) mass is 716 g/mol. The van der Waals surface area contributed by atoms with Crippen molar-refractivity contribution < 1.29 is 50.9 Å². The molecule has 3 aromatic carbocycles. The van der Waals surface area contributed by atoms with Gasteiger partial charge in [0.2, 0.25) is 5.60 Å². The summed E-state index contributed by atoms with van der Waals surface area (Å²) in [6.07, 6.45) is -1.67. The molecule has 15 heteroatoms. The van der Waals surface area contributed by atoms with Crippen molar-refractivity contribution in [2.75, 3.05) is 18.1 Å². The third-order valence-electron chi connectivity index (χ3n) is 9.27. The summed E-state index contributed by atoms with van der Waals surface area (Å²) in [4.78, 5) is 42.4. The lowest BCUT2D eigenvalue weighted by atomic mass is 9.92. The Balaban J connectivity index is 1.13. The SMILES string of the molecule is CC(C)(C)OC(=O)N[C@H]1C[C@@H](N2Cc3ccc(N4CCC(O)(C(=O)NCc5cc(F)cc(F)c5F)C4=O)cc3C2)CO[C@@H]1c1cc(F)ccc1F. The lowest BCUT2D eigenvalue weighted by Gasteiger charge is -2.40. The van der Waals surface area contributed by atoms with Crippen LogP contribution in [-0.2, 0) is 38.7 Å². The van der Waals surface area contributed by atoms with Crippen LogP contribution in [0.1, 0.15) is 62.0 Å². The van der Waals surface area contributed by atoms with Gasteiger partial charge in [-0.25, -0.2) is 26.7 Å². The van der Waals surface area contributed by atoms with Crippen LogP contribution in [0.15, 0.2) is 48.5 Å². The Morgan fingerprint density at radius 2 is 1.73 bits per heavy atom. The molecule has 3 aliphatic rings. The number of nitrogens with zero attached hydrogens (tertiary/aromatic N) is 2. The highest BCUT2D eigenvalue weighted by atomic mass is 19.2. The van der Waals surface area contributed by atoms with Gasteiger partial charge in [0.15, 0.2) is 11.6 Å². The number of hydrogen-bond donors (Lipinski definition) is 3. The van der Waals surface area contributed by atoms with Gasteiger partial charge in [-0.3, -0.25) is 14.5 Å². The first-order valence-corrected chi connectivity index (χ1v) is 16.4. The van der Waals surface area contributed by atoms with Crippen LogP contribution < -0.4 is 15.5 Å². The fourth-order valence-corrected chi connectivity index (χ4v) is 6.76. The summed E-state index contributed by atoms with van der Waals surface area (Å²) in [5, 5.41) is 16.0. The smallest absolute Gasteiger partial charge is 0.407 e. The first kappa shape index (κ1) is 36.2. The van der Waals surface area contributed by atoms with E-state index in [1.54, 1.807) is 32.9 Å². The number of alkyl carbamates (subject to hydrolysis) is 1. The first-order chi connectivity index (χ1) is 24.0. The van der Waals surface area contributed by atoms with E-state index >= 15 is 0 Å². The number of carbonyl (C=O) groups is 3. The van der Waals surface area contributed by atoms with Crippen molar-refractivity contribution in [1.29, 1.82) is 0 Å². The number of aliphatic hydroxyl groups is 1. The Morgan fingerprint density at radius 3 is 2.47 bits per heavy atom. The van der Waals surface area contributed by atoms with Crippen molar-refractivity contribution >= 4 is 23.6 Å². The molecule has 3 heterocycles. The third-order valence-corrected chi connectivity index (χ3v) is 9.27. The second kappa shape index (κ2) is 13.8. The van der Waals surface area contributed by atoms with Gasteiger partial charge >= 0.3 is 6.09 Å². The molecular formula is C36H37F5N4O6. The molecule has 51 heavy (non-hydrogen) atoms. The fraction of sp³-hybridized carbons (Fsp3) is 0.417. The summed E-state index contributed by atoms with van der Waals surface area (Å²) in [5.74, 6) is -7.20. The largest absolute Gasteiger partial charge is 0.444 e. The number of nitrogens with one attached hydrogen (secondary N) is 2. The van der Waals surface area contributed by atoms with E-state index in [1.165, 1.54) is 4.90 Å². The number of hydrogen-bond acceptors (Lipinski definition) is 7. The molecule has 10 nitrogen and oxygen atoms in total. The number of anilines is 1. The van der Waals surface area contributed by atoms with Gasteiger partial charge in [-0.2, -0.15) is 0 Å². The maximum atomic E-state index is 14.8. The Bertz CT molecular complexity index is 1870. The van der Waals surface area contributed by atoms with Crippen molar-refractivity contribution in [3.63, 3.8) is 0 Å². The molecule has 3 N–H and O–H groups in total. The van der Waals surface area contributed by atoms with Gasteiger partial charge in [0.25, 0.3) is 11.8 Å². The molecule has 2 fully saturated rings. The number of fused-ring (bicyclic) bond motifs is 1. The predicted octanol–water partition coefficient (Wildman–Crippen LogP) is 4.91. The lowest BCUT2D eigenvalue weighted by Crippen LogP contribution is -2.52. The van der Waals surface area contributed by atoms with Crippen LogP contribution in [0, 0.1) is 29.1 Å². The van der Waals surface area contributed by atoms with E-state index in [1.807, 2.05) is 6.07 Å². The molecule has 0 spiro atoms. The average molecular weight is 717 g/mol. The van der Waals surface area contributed by atoms with E-state index in [4.69, 9.17) is 9.47 Å². The molecule has 0 aromatic heterocycles. The van der Waals surface area contributed by atoms with Crippen LogP contribution in [0.4, 0.5) is 32.4 Å². The second-order valence-corrected chi connectivity index (χ2v) is 14.0. The molecule has 0 aliphatic carbocycles. The van der Waals surface area contributed by atoms with Crippen molar-refractivity contribution in [2.24, 2.45) is 0 Å². The molecule has 2 saturated heterocycles. The number of amides is 3. The van der Waals surface area contributed by atoms with Gasteiger partial charge in [-0.1, -0.05) is 6.07 Å². The molecule has 3 amide bonds. The summed E-state index contributed by atoms with van der Waals surface area (Å²) in [6, 6.07) is 8.38. The first-order valence-electron chi connectivity index (χ1n) is 16.4. The van der Waals surface area contributed by atoms with Gasteiger partial charge < -0.3 is 30.1 Å². The van der Waals surface area contributed by atoms with Gasteiger partial charge in [0.1, 0.15) is 29.2 Å². The zero-order chi connectivity index (χ0) is 36.8. The molecule has 6 rings (SSSR count). The molecule has 272 valence electrons. The van der Waals surface area contributed by atoms with E-state index < -0.39 is 82.4 Å². The Kier molecular flexibility index (Phi) is 9.83. The van der Waals surface area contributed by atoms with Crippen LogP contribution >= 0.6 is 0 Å². The van der Waals surface area contributed by atoms with Gasteiger partial charge in [0.05, 0.1) is 12.6 Å². The molecule has 4 atom stereocenters. The number of halogens is 5. The summed E-state index contributed by atoms with van der Waals surface area (Å²) >= 11 is 0. The minimum Gasteiger partial charge on any atom is -0.444 e. The third kappa shape index (κ3) is 7.55. The maximum Gasteiger partial charge on any atom is 0.407 e. The second-order valence-electron chi connectivity index (χ2n) is 14.0. The predicted molar refractivity (Wildman–Crippen MR) is 172 cm³/mol. The van der Waals surface area contributed by atoms with E-state index in [-0.39, 0.29) is 31.2 Å². The van der Waals surface area contributed by atoms with Gasteiger partial charge in [0, 0.05) is 61.5 Å². The van der Waals surface area contributed by atoms with Crippen molar-refractivity contribution in [3.05, 3.63) is 99.9 Å². The minimum atomic E-state index is -2.49. The summed E-state index contributed by atoms with van der Waals surface area (Å²) in [6.45, 7) is 5.50.